The number of fused-ring (bicyclic) bond motifs is 1. The van der Waals surface area contributed by atoms with Crippen LogP contribution >= 0.6 is 45.7 Å². The molecule has 1 aliphatic rings. The molecule has 0 bridgehead atoms. The monoisotopic (exact) mass is 636 g/mol. The summed E-state index contributed by atoms with van der Waals surface area (Å²) in [5, 5.41) is 1.39. The first-order chi connectivity index (χ1) is 17.6. The van der Waals surface area contributed by atoms with Crippen molar-refractivity contribution in [2.75, 3.05) is 13.2 Å². The number of nitrogens with zero attached hydrogens (tertiary/aromatic N) is 4. The van der Waals surface area contributed by atoms with E-state index in [-0.39, 0.29) is 6.10 Å². The van der Waals surface area contributed by atoms with Crippen LogP contribution < -0.4 is 9.47 Å². The van der Waals surface area contributed by atoms with E-state index in [1.807, 2.05) is 30.6 Å². The Morgan fingerprint density at radius 2 is 1.92 bits per heavy atom. The number of benzene rings is 1. The smallest absolute Gasteiger partial charge is 0.234 e. The lowest BCUT2D eigenvalue weighted by Crippen LogP contribution is -2.19. The minimum atomic E-state index is -0.0649. The molecule has 0 radical (unpaired) electrons. The molecule has 0 saturated carbocycles. The molecule has 3 aromatic heterocycles. The molecule has 1 fully saturated rings. The number of rotatable bonds is 9. The fourth-order valence-corrected chi connectivity index (χ4v) is 5.87. The van der Waals surface area contributed by atoms with Crippen molar-refractivity contribution < 1.29 is 14.2 Å². The van der Waals surface area contributed by atoms with E-state index in [0.717, 1.165) is 68.8 Å². The van der Waals surface area contributed by atoms with Crippen LogP contribution in [-0.4, -0.2) is 38.6 Å². The zero-order valence-corrected chi connectivity index (χ0v) is 23.6. The summed E-state index contributed by atoms with van der Waals surface area (Å²) in [6.07, 6.45) is 8.89. The Balaban J connectivity index is 1.25. The third-order valence-corrected chi connectivity index (χ3v) is 8.66. The highest BCUT2D eigenvalue weighted by Crippen LogP contribution is 2.36. The number of para-hydroxylation sites is 1. The van der Waals surface area contributed by atoms with E-state index < -0.39 is 0 Å². The highest BCUT2D eigenvalue weighted by atomic mass is 127. The van der Waals surface area contributed by atoms with E-state index in [4.69, 9.17) is 25.8 Å². The van der Waals surface area contributed by atoms with Gasteiger partial charge in [-0.05, 0) is 65.0 Å². The van der Waals surface area contributed by atoms with Crippen molar-refractivity contribution in [2.45, 2.75) is 51.2 Å². The van der Waals surface area contributed by atoms with Crippen LogP contribution in [0.5, 0.6) is 11.6 Å². The highest BCUT2D eigenvalue weighted by Gasteiger charge is 2.20. The van der Waals surface area contributed by atoms with Gasteiger partial charge in [0.2, 0.25) is 5.88 Å². The van der Waals surface area contributed by atoms with Crippen molar-refractivity contribution in [1.82, 2.24) is 19.3 Å². The predicted molar refractivity (Wildman–Crippen MR) is 149 cm³/mol. The molecule has 5 rings (SSSR count). The highest BCUT2D eigenvalue weighted by molar-refractivity contribution is 14.1. The first kappa shape index (κ1) is 25.6. The molecule has 7 nitrogen and oxygen atoms in total. The predicted octanol–water partition coefficient (Wildman–Crippen LogP) is 6.61. The summed E-state index contributed by atoms with van der Waals surface area (Å²) >= 11 is 9.81. The van der Waals surface area contributed by atoms with Crippen LogP contribution in [0, 0.1) is 3.57 Å². The Morgan fingerprint density at radius 1 is 1.14 bits per heavy atom. The second-order valence-electron chi connectivity index (χ2n) is 8.67. The van der Waals surface area contributed by atoms with Crippen LogP contribution in [0.1, 0.15) is 49.1 Å². The lowest BCUT2D eigenvalue weighted by Gasteiger charge is -2.20. The number of pyridine rings is 1. The minimum Gasteiger partial charge on any atom is -0.489 e. The lowest BCUT2D eigenvalue weighted by molar-refractivity contribution is 0.0835. The number of halogens is 2. The third-order valence-electron chi connectivity index (χ3n) is 6.24. The van der Waals surface area contributed by atoms with Gasteiger partial charge in [0.1, 0.15) is 29.4 Å². The van der Waals surface area contributed by atoms with E-state index in [2.05, 4.69) is 54.9 Å². The van der Waals surface area contributed by atoms with Gasteiger partial charge < -0.3 is 14.2 Å². The average Bonchev–Trinajstić information content (AvgIpc) is 3.34. The summed E-state index contributed by atoms with van der Waals surface area (Å²) in [5.41, 5.74) is 2.02. The second-order valence-corrected chi connectivity index (χ2v) is 10.9. The Hall–Kier alpha value is -2.08. The van der Waals surface area contributed by atoms with Gasteiger partial charge in [-0.15, -0.1) is 0 Å². The van der Waals surface area contributed by atoms with Crippen LogP contribution in [-0.2, 0) is 17.8 Å². The number of ether oxygens (including phenoxy) is 3. The normalized spacial score (nSPS) is 15.2. The van der Waals surface area contributed by atoms with Crippen LogP contribution in [0.2, 0.25) is 5.15 Å². The van der Waals surface area contributed by atoms with Gasteiger partial charge >= 0.3 is 0 Å². The SMILES string of the molecule is CC[C@@H](Cc1ccccc1OCc1cnc(C2CCOCC2)nc1)Oc1nsc2cnc(Cl)c(I)c12. The molecule has 188 valence electrons. The molecule has 1 saturated heterocycles. The van der Waals surface area contributed by atoms with Gasteiger partial charge in [0.25, 0.3) is 0 Å². The molecule has 1 aliphatic heterocycles. The standard InChI is InChI=1S/C26H26ClIN4O3S/c1-2-19(35-26-22-21(36-32-26)14-29-24(27)23(22)28)11-18-5-3-4-6-20(18)34-15-16-12-30-25(31-13-16)17-7-9-33-10-8-17/h3-6,12-14,17,19H,2,7-11,15H2,1H3/t19-/m0/s1. The van der Waals surface area contributed by atoms with Crippen molar-refractivity contribution in [2.24, 2.45) is 0 Å². The Morgan fingerprint density at radius 3 is 2.69 bits per heavy atom. The topological polar surface area (TPSA) is 79.2 Å². The van der Waals surface area contributed by atoms with Gasteiger partial charge in [0.15, 0.2) is 0 Å². The summed E-state index contributed by atoms with van der Waals surface area (Å²) in [7, 11) is 0. The average molecular weight is 637 g/mol. The molecule has 0 aliphatic carbocycles. The first-order valence-corrected chi connectivity index (χ1v) is 14.2. The lowest BCUT2D eigenvalue weighted by atomic mass is 9.99. The third kappa shape index (κ3) is 5.90. The fourth-order valence-electron chi connectivity index (χ4n) is 4.19. The molecular formula is C26H26ClIN4O3S. The Kier molecular flexibility index (Phi) is 8.51. The first-order valence-electron chi connectivity index (χ1n) is 12.0. The minimum absolute atomic E-state index is 0.0649. The molecule has 0 spiro atoms. The zero-order valence-electron chi connectivity index (χ0n) is 19.8. The van der Waals surface area contributed by atoms with E-state index in [1.165, 1.54) is 11.5 Å². The van der Waals surface area contributed by atoms with Crippen molar-refractivity contribution in [3.63, 3.8) is 0 Å². The summed E-state index contributed by atoms with van der Waals surface area (Å²) < 4.78 is 24.4. The molecule has 4 aromatic rings. The van der Waals surface area contributed by atoms with Crippen LogP contribution in [0.25, 0.3) is 10.1 Å². The second kappa shape index (κ2) is 12.0. The van der Waals surface area contributed by atoms with E-state index >= 15 is 0 Å². The molecular weight excluding hydrogens is 611 g/mol. The molecule has 36 heavy (non-hydrogen) atoms. The Labute approximate surface area is 232 Å². The quantitative estimate of drug-likeness (QED) is 0.151. The van der Waals surface area contributed by atoms with Gasteiger partial charge in [0.05, 0.1) is 13.7 Å². The van der Waals surface area contributed by atoms with E-state index in [1.54, 1.807) is 6.20 Å². The largest absolute Gasteiger partial charge is 0.489 e. The summed E-state index contributed by atoms with van der Waals surface area (Å²) in [5.74, 6) is 2.71. The maximum atomic E-state index is 6.37. The van der Waals surface area contributed by atoms with Crippen molar-refractivity contribution in [1.29, 1.82) is 0 Å². The molecule has 0 unspecified atom stereocenters. The molecule has 1 atom stereocenters. The van der Waals surface area contributed by atoms with E-state index in [9.17, 15) is 0 Å². The molecule has 0 amide bonds. The van der Waals surface area contributed by atoms with Crippen molar-refractivity contribution in [3.05, 3.63) is 68.5 Å². The maximum Gasteiger partial charge on any atom is 0.234 e. The molecule has 0 N–H and O–H groups in total. The van der Waals surface area contributed by atoms with Gasteiger partial charge in [-0.1, -0.05) is 36.7 Å². The Bertz CT molecular complexity index is 1310. The fraction of sp³-hybridized carbons (Fsp3) is 0.385. The molecule has 1 aromatic carbocycles. The van der Waals surface area contributed by atoms with Crippen molar-refractivity contribution in [3.8, 4) is 11.6 Å². The van der Waals surface area contributed by atoms with Gasteiger partial charge in [-0.25, -0.2) is 15.0 Å². The molecule has 10 heteroatoms. The summed E-state index contributed by atoms with van der Waals surface area (Å²) in [6, 6.07) is 8.08. The van der Waals surface area contributed by atoms with Gasteiger partial charge in [-0.2, -0.15) is 4.37 Å². The number of hydrogen-bond donors (Lipinski definition) is 0. The summed E-state index contributed by atoms with van der Waals surface area (Å²) in [6.45, 7) is 4.07. The number of aromatic nitrogens is 4. The van der Waals surface area contributed by atoms with E-state index in [0.29, 0.717) is 30.0 Å². The zero-order chi connectivity index (χ0) is 24.9. The van der Waals surface area contributed by atoms with Crippen LogP contribution in [0.15, 0.2) is 42.9 Å². The van der Waals surface area contributed by atoms with Gasteiger partial charge in [-0.3, -0.25) is 0 Å². The summed E-state index contributed by atoms with van der Waals surface area (Å²) in [4.78, 5) is 13.4. The number of hydrogen-bond acceptors (Lipinski definition) is 8. The molecule has 4 heterocycles. The van der Waals surface area contributed by atoms with Crippen molar-refractivity contribution >= 4 is 55.8 Å². The van der Waals surface area contributed by atoms with Crippen LogP contribution in [0.4, 0.5) is 0 Å². The maximum absolute atomic E-state index is 6.37. The van der Waals surface area contributed by atoms with Gasteiger partial charge in [0, 0.05) is 49.7 Å². The van der Waals surface area contributed by atoms with Crippen LogP contribution in [0.3, 0.4) is 0 Å².